The molecule has 2 heterocycles. The molecule has 150 valence electrons. The summed E-state index contributed by atoms with van der Waals surface area (Å²) in [5, 5.41) is 3.05. The van der Waals surface area contributed by atoms with Crippen LogP contribution < -0.4 is 10.1 Å². The summed E-state index contributed by atoms with van der Waals surface area (Å²) in [5.41, 5.74) is 1.05. The number of rotatable bonds is 8. The molecule has 6 heteroatoms. The molecule has 2 fully saturated rings. The molecule has 0 saturated carbocycles. The van der Waals surface area contributed by atoms with Crippen LogP contribution in [0.4, 0.5) is 0 Å². The highest BCUT2D eigenvalue weighted by Gasteiger charge is 2.21. The van der Waals surface area contributed by atoms with E-state index in [1.807, 2.05) is 31.2 Å². The number of para-hydroxylation sites is 1. The summed E-state index contributed by atoms with van der Waals surface area (Å²) in [5.74, 6) is 1.27. The van der Waals surface area contributed by atoms with E-state index in [2.05, 4.69) is 15.1 Å². The van der Waals surface area contributed by atoms with Crippen molar-refractivity contribution >= 4 is 5.91 Å². The molecule has 2 aliphatic rings. The van der Waals surface area contributed by atoms with Crippen molar-refractivity contribution in [1.29, 1.82) is 0 Å². The molecule has 0 aromatic heterocycles. The Balaban J connectivity index is 1.32. The second kappa shape index (κ2) is 10.6. The molecule has 2 saturated heterocycles. The molecule has 2 aliphatic heterocycles. The minimum atomic E-state index is -0.0382. The zero-order valence-corrected chi connectivity index (χ0v) is 16.5. The molecule has 1 atom stereocenters. The van der Waals surface area contributed by atoms with Crippen LogP contribution >= 0.6 is 0 Å². The predicted octanol–water partition coefficient (Wildman–Crippen LogP) is 1.53. The number of nitrogens with one attached hydrogen (secondary N) is 1. The van der Waals surface area contributed by atoms with Crippen LogP contribution in [0.1, 0.15) is 18.4 Å². The lowest BCUT2D eigenvalue weighted by Crippen LogP contribution is -2.46. The van der Waals surface area contributed by atoms with Crippen LogP contribution in [0.2, 0.25) is 0 Å². The third-order valence-electron chi connectivity index (χ3n) is 5.48. The minimum Gasteiger partial charge on any atom is -0.484 e. The Bertz CT molecular complexity index is 590. The fourth-order valence-corrected chi connectivity index (χ4v) is 3.80. The van der Waals surface area contributed by atoms with E-state index < -0.39 is 0 Å². The van der Waals surface area contributed by atoms with Crippen LogP contribution in [-0.4, -0.2) is 81.3 Å². The van der Waals surface area contributed by atoms with E-state index in [0.717, 1.165) is 63.8 Å². The standard InChI is InChI=1S/C21H33N3O3/c1-18-5-2-3-7-20(18)27-17-21(25)22-15-19-6-4-8-24(16-19)10-9-23-11-13-26-14-12-23/h2-3,5,7,19H,4,6,8-17H2,1H3,(H,22,25). The summed E-state index contributed by atoms with van der Waals surface area (Å²) in [7, 11) is 0. The first-order valence-electron chi connectivity index (χ1n) is 10.2. The Morgan fingerprint density at radius 2 is 1.96 bits per heavy atom. The second-order valence-corrected chi connectivity index (χ2v) is 7.62. The van der Waals surface area contributed by atoms with Gasteiger partial charge in [-0.1, -0.05) is 18.2 Å². The zero-order chi connectivity index (χ0) is 18.9. The van der Waals surface area contributed by atoms with Crippen LogP contribution in [0.3, 0.4) is 0 Å². The normalized spacial score (nSPS) is 21.7. The van der Waals surface area contributed by atoms with Crippen molar-refractivity contribution in [3.63, 3.8) is 0 Å². The van der Waals surface area contributed by atoms with E-state index >= 15 is 0 Å². The summed E-state index contributed by atoms with van der Waals surface area (Å²) in [6.45, 7) is 11.1. The number of carbonyl (C=O) groups excluding carboxylic acids is 1. The average molecular weight is 376 g/mol. The van der Waals surface area contributed by atoms with E-state index in [0.29, 0.717) is 5.92 Å². The molecule has 1 amide bonds. The fraction of sp³-hybridized carbons (Fsp3) is 0.667. The van der Waals surface area contributed by atoms with E-state index in [1.54, 1.807) is 0 Å². The molecular weight excluding hydrogens is 342 g/mol. The van der Waals surface area contributed by atoms with Crippen molar-refractivity contribution in [2.24, 2.45) is 5.92 Å². The molecule has 6 nitrogen and oxygen atoms in total. The monoisotopic (exact) mass is 375 g/mol. The maximum atomic E-state index is 12.1. The fourth-order valence-electron chi connectivity index (χ4n) is 3.80. The van der Waals surface area contributed by atoms with E-state index in [-0.39, 0.29) is 12.5 Å². The number of ether oxygens (including phenoxy) is 2. The Labute approximate surface area is 162 Å². The highest BCUT2D eigenvalue weighted by molar-refractivity contribution is 5.77. The first-order chi connectivity index (χ1) is 13.2. The van der Waals surface area contributed by atoms with E-state index in [4.69, 9.17) is 9.47 Å². The molecular formula is C21H33N3O3. The molecule has 0 spiro atoms. The number of aryl methyl sites for hydroxylation is 1. The lowest BCUT2D eigenvalue weighted by atomic mass is 9.98. The van der Waals surface area contributed by atoms with E-state index in [9.17, 15) is 4.79 Å². The van der Waals surface area contributed by atoms with Gasteiger partial charge in [0.1, 0.15) is 5.75 Å². The van der Waals surface area contributed by atoms with Gasteiger partial charge in [0.25, 0.3) is 5.91 Å². The van der Waals surface area contributed by atoms with Crippen LogP contribution in [0, 0.1) is 12.8 Å². The van der Waals surface area contributed by atoms with Crippen molar-refractivity contribution < 1.29 is 14.3 Å². The maximum absolute atomic E-state index is 12.1. The third kappa shape index (κ3) is 6.79. The van der Waals surface area contributed by atoms with Gasteiger partial charge in [-0.05, 0) is 43.9 Å². The molecule has 0 radical (unpaired) electrons. The van der Waals surface area contributed by atoms with Gasteiger partial charge in [0.05, 0.1) is 13.2 Å². The van der Waals surface area contributed by atoms with Gasteiger partial charge in [-0.15, -0.1) is 0 Å². The molecule has 1 unspecified atom stereocenters. The molecule has 0 bridgehead atoms. The smallest absolute Gasteiger partial charge is 0.257 e. The van der Waals surface area contributed by atoms with Crippen LogP contribution in [0.15, 0.2) is 24.3 Å². The van der Waals surface area contributed by atoms with Crippen molar-refractivity contribution in [3.8, 4) is 5.75 Å². The Morgan fingerprint density at radius 1 is 1.19 bits per heavy atom. The lowest BCUT2D eigenvalue weighted by Gasteiger charge is -2.35. The zero-order valence-electron chi connectivity index (χ0n) is 16.5. The van der Waals surface area contributed by atoms with E-state index in [1.165, 1.54) is 19.4 Å². The topological polar surface area (TPSA) is 54.0 Å². The molecule has 0 aliphatic carbocycles. The predicted molar refractivity (Wildman–Crippen MR) is 106 cm³/mol. The first-order valence-corrected chi connectivity index (χ1v) is 10.2. The Morgan fingerprint density at radius 3 is 2.78 bits per heavy atom. The number of benzene rings is 1. The number of nitrogens with zero attached hydrogens (tertiary/aromatic N) is 2. The van der Waals surface area contributed by atoms with Crippen molar-refractivity contribution in [2.45, 2.75) is 19.8 Å². The molecule has 1 aromatic rings. The minimum absolute atomic E-state index is 0.0382. The summed E-state index contributed by atoms with van der Waals surface area (Å²) in [6.07, 6.45) is 2.40. The number of hydrogen-bond donors (Lipinski definition) is 1. The van der Waals surface area contributed by atoms with Gasteiger partial charge in [-0.2, -0.15) is 0 Å². The van der Waals surface area contributed by atoms with Gasteiger partial charge in [0, 0.05) is 39.3 Å². The van der Waals surface area contributed by atoms with Gasteiger partial charge >= 0.3 is 0 Å². The van der Waals surface area contributed by atoms with Gasteiger partial charge in [-0.25, -0.2) is 0 Å². The average Bonchev–Trinajstić information content (AvgIpc) is 2.71. The summed E-state index contributed by atoms with van der Waals surface area (Å²) < 4.78 is 11.0. The number of amides is 1. The number of likely N-dealkylation sites (tertiary alicyclic amines) is 1. The molecule has 1 N–H and O–H groups in total. The quantitative estimate of drug-likeness (QED) is 0.747. The molecule has 27 heavy (non-hydrogen) atoms. The van der Waals surface area contributed by atoms with Crippen LogP contribution in [-0.2, 0) is 9.53 Å². The van der Waals surface area contributed by atoms with Crippen LogP contribution in [0.5, 0.6) is 5.75 Å². The third-order valence-corrected chi connectivity index (χ3v) is 5.48. The first kappa shape index (κ1) is 20.1. The van der Waals surface area contributed by atoms with Crippen LogP contribution in [0.25, 0.3) is 0 Å². The Hall–Kier alpha value is -1.63. The summed E-state index contributed by atoms with van der Waals surface area (Å²) in [4.78, 5) is 17.1. The highest BCUT2D eigenvalue weighted by Crippen LogP contribution is 2.17. The molecule has 1 aromatic carbocycles. The van der Waals surface area contributed by atoms with Gasteiger partial charge in [-0.3, -0.25) is 9.69 Å². The highest BCUT2D eigenvalue weighted by atomic mass is 16.5. The largest absolute Gasteiger partial charge is 0.484 e. The maximum Gasteiger partial charge on any atom is 0.257 e. The van der Waals surface area contributed by atoms with Gasteiger partial charge < -0.3 is 19.7 Å². The SMILES string of the molecule is Cc1ccccc1OCC(=O)NCC1CCCN(CCN2CCOCC2)C1. The second-order valence-electron chi connectivity index (χ2n) is 7.62. The number of morpholine rings is 1. The van der Waals surface area contributed by atoms with Gasteiger partial charge in [0.2, 0.25) is 0 Å². The van der Waals surface area contributed by atoms with Crippen molar-refractivity contribution in [3.05, 3.63) is 29.8 Å². The number of piperidine rings is 1. The number of hydrogen-bond acceptors (Lipinski definition) is 5. The Kier molecular flexibility index (Phi) is 7.93. The van der Waals surface area contributed by atoms with Gasteiger partial charge in [0.15, 0.2) is 6.61 Å². The summed E-state index contributed by atoms with van der Waals surface area (Å²) >= 11 is 0. The lowest BCUT2D eigenvalue weighted by molar-refractivity contribution is -0.123. The summed E-state index contributed by atoms with van der Waals surface area (Å²) in [6, 6.07) is 7.78. The van der Waals surface area contributed by atoms with Crippen molar-refractivity contribution in [1.82, 2.24) is 15.1 Å². The number of carbonyl (C=O) groups is 1. The molecule has 3 rings (SSSR count). The van der Waals surface area contributed by atoms with Crippen molar-refractivity contribution in [2.75, 3.05) is 65.6 Å².